The van der Waals surface area contributed by atoms with Gasteiger partial charge in [0, 0.05) is 54.3 Å². The number of aryl methyl sites for hydroxylation is 1. The van der Waals surface area contributed by atoms with E-state index in [4.69, 9.17) is 0 Å². The first kappa shape index (κ1) is 25.4. The lowest BCUT2D eigenvalue weighted by Gasteiger charge is -2.31. The van der Waals surface area contributed by atoms with Gasteiger partial charge in [-0.1, -0.05) is 0 Å². The minimum atomic E-state index is -0.380. The zero-order valence-electron chi connectivity index (χ0n) is 21.5. The quantitative estimate of drug-likeness (QED) is 0.238. The molecule has 0 atom stereocenters. The highest BCUT2D eigenvalue weighted by Gasteiger charge is 2.17. The number of nitrogens with zero attached hydrogens (tertiary/aromatic N) is 2. The van der Waals surface area contributed by atoms with Crippen LogP contribution in [0.1, 0.15) is 29.0 Å². The van der Waals surface area contributed by atoms with Crippen molar-refractivity contribution in [2.24, 2.45) is 7.05 Å². The summed E-state index contributed by atoms with van der Waals surface area (Å²) in [5, 5.41) is 18.9. The van der Waals surface area contributed by atoms with E-state index in [1.54, 1.807) is 36.4 Å². The smallest absolute Gasteiger partial charge is 0.272 e. The molecule has 0 radical (unpaired) electrons. The zero-order valence-corrected chi connectivity index (χ0v) is 21.5. The lowest BCUT2D eigenvalue weighted by atomic mass is 10.1. The summed E-state index contributed by atoms with van der Waals surface area (Å²) < 4.78 is 16.7. The highest BCUT2D eigenvalue weighted by Crippen LogP contribution is 2.27. The Kier molecular flexibility index (Phi) is 7.33. The molecule has 1 aromatic heterocycles. The van der Waals surface area contributed by atoms with E-state index in [-0.39, 0.29) is 17.8 Å². The number of aliphatic hydroxyl groups excluding tert-OH is 1. The number of hydrogen-bond acceptors (Lipinski definition) is 5. The van der Waals surface area contributed by atoms with Crippen molar-refractivity contribution >= 4 is 40.0 Å². The Morgan fingerprint density at radius 2 is 1.45 bits per heavy atom. The second-order valence-electron chi connectivity index (χ2n) is 9.66. The van der Waals surface area contributed by atoms with Crippen LogP contribution in [0, 0.1) is 12.7 Å². The third-order valence-corrected chi connectivity index (χ3v) is 6.98. The molecule has 4 aromatic rings. The summed E-state index contributed by atoms with van der Waals surface area (Å²) in [4.78, 5) is 14.8. The number of anilines is 6. The molecule has 1 aliphatic heterocycles. The van der Waals surface area contributed by atoms with E-state index >= 15 is 0 Å². The Hall–Kier alpha value is -4.30. The van der Waals surface area contributed by atoms with Gasteiger partial charge in [-0.15, -0.1) is 0 Å². The molecule has 5 rings (SSSR count). The molecule has 1 aliphatic rings. The zero-order chi connectivity index (χ0) is 26.6. The monoisotopic (exact) mass is 513 g/mol. The van der Waals surface area contributed by atoms with Gasteiger partial charge in [0.15, 0.2) is 0 Å². The summed E-state index contributed by atoms with van der Waals surface area (Å²) in [7, 11) is 1.85. The Bertz CT molecular complexity index is 1410. The molecule has 8 heteroatoms. The van der Waals surface area contributed by atoms with Gasteiger partial charge in [-0.05, 0) is 98.6 Å². The molecule has 1 saturated heterocycles. The fourth-order valence-electron chi connectivity index (χ4n) is 4.57. The van der Waals surface area contributed by atoms with Crippen LogP contribution in [0.5, 0.6) is 0 Å². The number of carbonyl (C=O) groups excluding carboxylic acids is 1. The number of hydrogen-bond donors (Lipinski definition) is 4. The number of carbonyl (C=O) groups is 1. The third-order valence-electron chi connectivity index (χ3n) is 6.98. The summed E-state index contributed by atoms with van der Waals surface area (Å²) in [6, 6.07) is 23.8. The van der Waals surface area contributed by atoms with Gasteiger partial charge in [0.05, 0.1) is 11.8 Å². The number of halogens is 1. The van der Waals surface area contributed by atoms with E-state index in [1.165, 1.54) is 6.07 Å². The second-order valence-corrected chi connectivity index (χ2v) is 9.66. The number of rotatable bonds is 7. The minimum absolute atomic E-state index is 0.184. The van der Waals surface area contributed by atoms with Gasteiger partial charge >= 0.3 is 0 Å². The average Bonchev–Trinajstić information content (AvgIpc) is 3.25. The maximum absolute atomic E-state index is 14.9. The predicted octanol–water partition coefficient (Wildman–Crippen LogP) is 6.17. The van der Waals surface area contributed by atoms with Gasteiger partial charge in [0.1, 0.15) is 11.5 Å². The largest absolute Gasteiger partial charge is 0.393 e. The van der Waals surface area contributed by atoms with Crippen LogP contribution in [-0.4, -0.2) is 34.8 Å². The molecule has 2 heterocycles. The average molecular weight is 514 g/mol. The van der Waals surface area contributed by atoms with Gasteiger partial charge in [-0.3, -0.25) is 4.79 Å². The maximum Gasteiger partial charge on any atom is 0.272 e. The minimum Gasteiger partial charge on any atom is -0.393 e. The van der Waals surface area contributed by atoms with Gasteiger partial charge in [-0.2, -0.15) is 0 Å². The van der Waals surface area contributed by atoms with E-state index in [1.807, 2.05) is 54.9 Å². The van der Waals surface area contributed by atoms with Crippen LogP contribution in [0.4, 0.5) is 38.5 Å². The van der Waals surface area contributed by atoms with Crippen molar-refractivity contribution in [1.29, 1.82) is 0 Å². The first-order chi connectivity index (χ1) is 18.4. The molecule has 38 heavy (non-hydrogen) atoms. The standard InChI is InChI=1S/C30H32FN5O2/c1-20-3-14-29(35(20)2)30(38)34-23-6-4-22(5-7-23)33-28-13-10-24(19-27(28)31)32-21-8-11-25(12-9-21)36-17-15-26(37)16-18-36/h3-14,19,26,32-33,37H,15-18H2,1-2H3,(H,34,38). The number of benzene rings is 3. The van der Waals surface area contributed by atoms with Crippen LogP contribution in [0.2, 0.25) is 0 Å². The molecule has 4 N–H and O–H groups in total. The molecular weight excluding hydrogens is 481 g/mol. The van der Waals surface area contributed by atoms with Crippen LogP contribution in [0.3, 0.4) is 0 Å². The van der Waals surface area contributed by atoms with Gasteiger partial charge in [0.25, 0.3) is 5.91 Å². The Morgan fingerprint density at radius 3 is 2.08 bits per heavy atom. The highest BCUT2D eigenvalue weighted by atomic mass is 19.1. The molecule has 0 bridgehead atoms. The topological polar surface area (TPSA) is 81.6 Å². The number of amides is 1. The first-order valence-corrected chi connectivity index (χ1v) is 12.8. The van der Waals surface area contributed by atoms with Crippen LogP contribution < -0.4 is 20.9 Å². The summed E-state index contributed by atoms with van der Waals surface area (Å²) in [6.07, 6.45) is 1.37. The summed E-state index contributed by atoms with van der Waals surface area (Å²) in [6.45, 7) is 3.64. The predicted molar refractivity (Wildman–Crippen MR) is 151 cm³/mol. The van der Waals surface area contributed by atoms with Crippen molar-refractivity contribution in [2.45, 2.75) is 25.9 Å². The van der Waals surface area contributed by atoms with E-state index in [9.17, 15) is 14.3 Å². The molecule has 7 nitrogen and oxygen atoms in total. The van der Waals surface area contributed by atoms with E-state index in [0.717, 1.165) is 43.0 Å². The number of aliphatic hydroxyl groups is 1. The van der Waals surface area contributed by atoms with Crippen molar-refractivity contribution in [3.63, 3.8) is 0 Å². The number of aromatic nitrogens is 1. The van der Waals surface area contributed by atoms with Gasteiger partial charge < -0.3 is 30.5 Å². The van der Waals surface area contributed by atoms with E-state index in [2.05, 4.69) is 20.9 Å². The van der Waals surface area contributed by atoms with Crippen molar-refractivity contribution in [1.82, 2.24) is 4.57 Å². The Morgan fingerprint density at radius 1 is 0.842 bits per heavy atom. The Balaban J connectivity index is 1.18. The van der Waals surface area contributed by atoms with Crippen LogP contribution in [-0.2, 0) is 7.05 Å². The van der Waals surface area contributed by atoms with E-state index in [0.29, 0.717) is 28.4 Å². The van der Waals surface area contributed by atoms with Gasteiger partial charge in [0.2, 0.25) is 0 Å². The fourth-order valence-corrected chi connectivity index (χ4v) is 4.57. The molecule has 1 amide bonds. The van der Waals surface area contributed by atoms with Gasteiger partial charge in [-0.25, -0.2) is 4.39 Å². The van der Waals surface area contributed by atoms with Crippen molar-refractivity contribution < 1.29 is 14.3 Å². The molecular formula is C30H32FN5O2. The molecule has 0 saturated carbocycles. The van der Waals surface area contributed by atoms with E-state index < -0.39 is 0 Å². The fraction of sp³-hybridized carbons (Fsp3) is 0.233. The van der Waals surface area contributed by atoms with Crippen LogP contribution >= 0.6 is 0 Å². The van der Waals surface area contributed by atoms with Crippen LogP contribution in [0.15, 0.2) is 78.9 Å². The maximum atomic E-state index is 14.9. The second kappa shape index (κ2) is 11.0. The molecule has 196 valence electrons. The lowest BCUT2D eigenvalue weighted by Crippen LogP contribution is -2.35. The first-order valence-electron chi connectivity index (χ1n) is 12.8. The SMILES string of the molecule is Cc1ccc(C(=O)Nc2ccc(Nc3ccc(Nc4ccc(N5CCC(O)CC5)cc4)cc3F)cc2)n1C. The van der Waals surface area contributed by atoms with Crippen molar-refractivity contribution in [3.8, 4) is 0 Å². The normalized spacial score (nSPS) is 13.8. The molecule has 0 spiro atoms. The lowest BCUT2D eigenvalue weighted by molar-refractivity contribution is 0.101. The molecule has 0 aliphatic carbocycles. The summed E-state index contributed by atoms with van der Waals surface area (Å²) in [5.74, 6) is -0.564. The third kappa shape index (κ3) is 5.81. The van der Waals surface area contributed by atoms with Crippen LogP contribution in [0.25, 0.3) is 0 Å². The summed E-state index contributed by atoms with van der Waals surface area (Å²) >= 11 is 0. The Labute approximate surface area is 221 Å². The summed E-state index contributed by atoms with van der Waals surface area (Å²) in [5.41, 5.74) is 5.94. The van der Waals surface area contributed by atoms with Crippen molar-refractivity contribution in [3.05, 3.63) is 96.1 Å². The number of nitrogens with one attached hydrogen (secondary N) is 3. The molecule has 1 fully saturated rings. The molecule has 0 unspecified atom stereocenters. The van der Waals surface area contributed by atoms with Crippen molar-refractivity contribution in [2.75, 3.05) is 33.9 Å². The number of piperidine rings is 1. The molecule has 3 aromatic carbocycles. The highest BCUT2D eigenvalue weighted by molar-refractivity contribution is 6.03.